The predicted molar refractivity (Wildman–Crippen MR) is 140 cm³/mol. The van der Waals surface area contributed by atoms with E-state index in [2.05, 4.69) is 48.2 Å². The number of nitrogens with zero attached hydrogens (tertiary/aromatic N) is 2. The molecule has 0 bridgehead atoms. The molecule has 1 heterocycles. The van der Waals surface area contributed by atoms with E-state index >= 15 is 0 Å². The summed E-state index contributed by atoms with van der Waals surface area (Å²) in [5.41, 5.74) is 5.37. The molecule has 4 heteroatoms. The minimum absolute atomic E-state index is 0. The van der Waals surface area contributed by atoms with E-state index in [4.69, 9.17) is 4.99 Å². The molecule has 1 aliphatic rings. The topological polar surface area (TPSA) is 32.7 Å². The van der Waals surface area contributed by atoms with Gasteiger partial charge in [-0.05, 0) is 48.1 Å². The maximum atomic E-state index is 13.2. The Morgan fingerprint density at radius 3 is 2.22 bits per heavy atom. The number of ketones is 1. The molecule has 0 amide bonds. The number of aliphatic imine (C=N–C) groups is 1. The van der Waals surface area contributed by atoms with E-state index in [0.29, 0.717) is 6.54 Å². The third-order valence-electron chi connectivity index (χ3n) is 5.94. The molecule has 3 aromatic carbocycles. The van der Waals surface area contributed by atoms with Crippen LogP contribution in [-0.2, 0) is 6.42 Å². The van der Waals surface area contributed by atoms with E-state index in [1.165, 1.54) is 12.0 Å². The summed E-state index contributed by atoms with van der Waals surface area (Å²) in [5.74, 6) is 1.15. The fourth-order valence-corrected chi connectivity index (χ4v) is 4.04. The molecule has 0 saturated carbocycles. The van der Waals surface area contributed by atoms with Gasteiger partial charge in [-0.2, -0.15) is 0 Å². The molecule has 4 rings (SSSR count). The molecule has 1 aliphatic heterocycles. The second-order valence-electron chi connectivity index (χ2n) is 8.08. The molecule has 0 aliphatic carbocycles. The Morgan fingerprint density at radius 1 is 0.844 bits per heavy atom. The van der Waals surface area contributed by atoms with Crippen LogP contribution in [0, 0.1) is 0 Å². The fourth-order valence-electron chi connectivity index (χ4n) is 4.04. The van der Waals surface area contributed by atoms with Crippen molar-refractivity contribution in [2.75, 3.05) is 18.0 Å². The van der Waals surface area contributed by atoms with Crippen LogP contribution in [0.3, 0.4) is 0 Å². The third-order valence-corrected chi connectivity index (χ3v) is 5.94. The summed E-state index contributed by atoms with van der Waals surface area (Å²) in [7, 11) is 0. The van der Waals surface area contributed by atoms with Gasteiger partial charge in [-0.25, -0.2) is 0 Å². The fraction of sp³-hybridized carbons (Fsp3) is 0.286. The van der Waals surface area contributed by atoms with Gasteiger partial charge in [-0.1, -0.05) is 80.1 Å². The van der Waals surface area contributed by atoms with E-state index in [-0.39, 0.29) is 22.8 Å². The standard InChI is InChI=1S/C28H30N2O.BrH/c1-2-22-12-18-26(19-13-22)30(28-11-7-4-8-20-29-28)21-27(31)25-16-14-24(15-17-25)23-9-5-3-6-10-23;/h3,5-6,9-10,12-19H,2,4,7-8,11,20-21H2,1H3;1H. The number of carbonyl (C=O) groups is 1. The summed E-state index contributed by atoms with van der Waals surface area (Å²) < 4.78 is 0. The first kappa shape index (κ1) is 23.9. The van der Waals surface area contributed by atoms with Gasteiger partial charge in [0.05, 0.1) is 6.54 Å². The van der Waals surface area contributed by atoms with E-state index in [9.17, 15) is 4.79 Å². The molecular formula is C28H31BrN2O. The van der Waals surface area contributed by atoms with Crippen molar-refractivity contribution in [3.05, 3.63) is 90.0 Å². The van der Waals surface area contributed by atoms with Crippen LogP contribution in [-0.4, -0.2) is 24.7 Å². The largest absolute Gasteiger partial charge is 0.322 e. The number of Topliss-reactive ketones (excluding diaryl/α,β-unsaturated/α-hetero) is 1. The lowest BCUT2D eigenvalue weighted by molar-refractivity contribution is 0.100. The normalized spacial score (nSPS) is 13.5. The minimum Gasteiger partial charge on any atom is -0.322 e. The van der Waals surface area contributed by atoms with Crippen LogP contribution in [0.15, 0.2) is 83.9 Å². The predicted octanol–water partition coefficient (Wildman–Crippen LogP) is 7.16. The van der Waals surface area contributed by atoms with Gasteiger partial charge in [0.25, 0.3) is 0 Å². The van der Waals surface area contributed by atoms with Crippen molar-refractivity contribution in [2.24, 2.45) is 4.99 Å². The SMILES string of the molecule is Br.CCc1ccc(N(CC(=O)c2ccc(-c3ccccc3)cc2)C2=NCCCCC2)cc1. The van der Waals surface area contributed by atoms with E-state index in [1.54, 1.807) is 0 Å². The number of hydrogen-bond acceptors (Lipinski definition) is 3. The van der Waals surface area contributed by atoms with Crippen LogP contribution in [0.2, 0.25) is 0 Å². The van der Waals surface area contributed by atoms with Crippen molar-refractivity contribution in [3.8, 4) is 11.1 Å². The Labute approximate surface area is 202 Å². The van der Waals surface area contributed by atoms with Crippen molar-refractivity contribution in [2.45, 2.75) is 39.0 Å². The first-order chi connectivity index (χ1) is 15.2. The molecule has 0 N–H and O–H groups in total. The lowest BCUT2D eigenvalue weighted by Crippen LogP contribution is -2.36. The number of halogens is 1. The molecule has 166 valence electrons. The Bertz CT molecular complexity index is 1030. The smallest absolute Gasteiger partial charge is 0.182 e. The number of anilines is 1. The monoisotopic (exact) mass is 490 g/mol. The molecular weight excluding hydrogens is 460 g/mol. The molecule has 0 unspecified atom stereocenters. The molecule has 3 aromatic rings. The van der Waals surface area contributed by atoms with E-state index in [0.717, 1.165) is 60.4 Å². The van der Waals surface area contributed by atoms with Gasteiger partial charge in [-0.3, -0.25) is 9.79 Å². The van der Waals surface area contributed by atoms with Crippen molar-refractivity contribution < 1.29 is 4.79 Å². The van der Waals surface area contributed by atoms with Gasteiger partial charge in [0, 0.05) is 24.2 Å². The van der Waals surface area contributed by atoms with Crippen LogP contribution in [0.25, 0.3) is 11.1 Å². The maximum Gasteiger partial charge on any atom is 0.182 e. The summed E-state index contributed by atoms with van der Waals surface area (Å²) in [6.07, 6.45) is 5.39. The number of carbonyl (C=O) groups excluding carboxylic acids is 1. The van der Waals surface area contributed by atoms with E-state index < -0.39 is 0 Å². The van der Waals surface area contributed by atoms with E-state index in [1.807, 2.05) is 42.5 Å². The summed E-state index contributed by atoms with van der Waals surface area (Å²) in [5, 5.41) is 0. The van der Waals surface area contributed by atoms with Gasteiger partial charge >= 0.3 is 0 Å². The first-order valence-electron chi connectivity index (χ1n) is 11.3. The average Bonchev–Trinajstić information content (AvgIpc) is 3.13. The van der Waals surface area contributed by atoms with Gasteiger partial charge in [0.2, 0.25) is 0 Å². The van der Waals surface area contributed by atoms with Gasteiger partial charge in [0.1, 0.15) is 5.84 Å². The highest BCUT2D eigenvalue weighted by Crippen LogP contribution is 2.23. The number of rotatable bonds is 6. The number of amidine groups is 1. The molecule has 32 heavy (non-hydrogen) atoms. The number of aryl methyl sites for hydroxylation is 1. The quantitative estimate of drug-likeness (QED) is 0.343. The Morgan fingerprint density at radius 2 is 1.53 bits per heavy atom. The third kappa shape index (κ3) is 5.95. The highest BCUT2D eigenvalue weighted by molar-refractivity contribution is 8.93. The lowest BCUT2D eigenvalue weighted by Gasteiger charge is -2.26. The molecule has 0 spiro atoms. The Hall–Kier alpha value is -2.72. The summed E-state index contributed by atoms with van der Waals surface area (Å²) in [6.45, 7) is 3.32. The van der Waals surface area contributed by atoms with Crippen LogP contribution in [0.1, 0.15) is 48.5 Å². The molecule has 0 radical (unpaired) electrons. The number of benzene rings is 3. The molecule has 0 aromatic heterocycles. The molecule has 0 saturated heterocycles. The zero-order valence-corrected chi connectivity index (χ0v) is 20.4. The Balaban J connectivity index is 0.00000289. The summed E-state index contributed by atoms with van der Waals surface area (Å²) >= 11 is 0. The second kappa shape index (κ2) is 11.8. The second-order valence-corrected chi connectivity index (χ2v) is 8.08. The highest BCUT2D eigenvalue weighted by atomic mass is 79.9. The van der Waals surface area contributed by atoms with Crippen molar-refractivity contribution >= 4 is 34.3 Å². The minimum atomic E-state index is 0. The van der Waals surface area contributed by atoms with Crippen molar-refractivity contribution in [3.63, 3.8) is 0 Å². The molecule has 0 fully saturated rings. The zero-order chi connectivity index (χ0) is 21.5. The molecule has 3 nitrogen and oxygen atoms in total. The average molecular weight is 491 g/mol. The van der Waals surface area contributed by atoms with Crippen LogP contribution < -0.4 is 4.90 Å². The van der Waals surface area contributed by atoms with Crippen LogP contribution in [0.4, 0.5) is 5.69 Å². The zero-order valence-electron chi connectivity index (χ0n) is 18.7. The van der Waals surface area contributed by atoms with Gasteiger partial charge in [0.15, 0.2) is 5.78 Å². The van der Waals surface area contributed by atoms with Crippen LogP contribution in [0.5, 0.6) is 0 Å². The van der Waals surface area contributed by atoms with Crippen molar-refractivity contribution in [1.82, 2.24) is 0 Å². The summed E-state index contributed by atoms with van der Waals surface area (Å²) in [4.78, 5) is 20.2. The molecule has 0 atom stereocenters. The first-order valence-corrected chi connectivity index (χ1v) is 11.3. The maximum absolute atomic E-state index is 13.2. The lowest BCUT2D eigenvalue weighted by atomic mass is 10.0. The van der Waals surface area contributed by atoms with Crippen LogP contribution >= 0.6 is 17.0 Å². The Kier molecular flexibility index (Phi) is 8.81. The number of hydrogen-bond donors (Lipinski definition) is 0. The highest BCUT2D eigenvalue weighted by Gasteiger charge is 2.19. The van der Waals surface area contributed by atoms with Gasteiger partial charge in [-0.15, -0.1) is 17.0 Å². The summed E-state index contributed by atoms with van der Waals surface area (Å²) in [6, 6.07) is 26.7. The van der Waals surface area contributed by atoms with Crippen molar-refractivity contribution in [1.29, 1.82) is 0 Å². The van der Waals surface area contributed by atoms with Gasteiger partial charge < -0.3 is 4.90 Å².